The Labute approximate surface area is 87.3 Å². The molecule has 1 aromatic carbocycles. The number of anilines is 1. The second-order valence-corrected chi connectivity index (χ2v) is 4.65. The zero-order valence-corrected chi connectivity index (χ0v) is 8.93. The second-order valence-electron chi connectivity index (χ2n) is 3.59. The molecule has 3 nitrogen and oxygen atoms in total. The predicted octanol–water partition coefficient (Wildman–Crippen LogP) is 2.07. The van der Waals surface area contributed by atoms with Crippen LogP contribution in [0, 0.1) is 6.92 Å². The molecule has 0 aliphatic carbocycles. The van der Waals surface area contributed by atoms with Gasteiger partial charge < -0.3 is 0 Å². The van der Waals surface area contributed by atoms with Crippen LogP contribution in [0.5, 0.6) is 0 Å². The molecular weight excluding hydrogens is 194 g/mol. The highest BCUT2D eigenvalue weighted by molar-refractivity contribution is 8.03. The van der Waals surface area contributed by atoms with E-state index in [0.29, 0.717) is 0 Å². The number of aryl methyl sites for hydroxylation is 1. The predicted molar refractivity (Wildman–Crippen MR) is 58.5 cm³/mol. The van der Waals surface area contributed by atoms with Crippen LogP contribution in [-0.2, 0) is 0 Å². The number of hydrogen-bond donors (Lipinski definition) is 1. The van der Waals surface area contributed by atoms with Gasteiger partial charge in [-0.25, -0.2) is 5.01 Å². The van der Waals surface area contributed by atoms with Gasteiger partial charge in [0, 0.05) is 18.1 Å². The first-order chi connectivity index (χ1) is 6.74. The molecule has 4 heteroatoms. The minimum absolute atomic E-state index is 1.24. The Bertz CT molecular complexity index is 427. The molecule has 72 valence electrons. The number of hydrazine groups is 2. The number of rotatable bonds is 0. The van der Waals surface area contributed by atoms with Crippen molar-refractivity contribution in [3.8, 4) is 0 Å². The highest BCUT2D eigenvalue weighted by atomic mass is 32.2. The minimum Gasteiger partial charge on any atom is -0.298 e. The molecule has 1 N–H and O–H groups in total. The molecular formula is C10H11N3S. The maximum Gasteiger partial charge on any atom is 0.115 e. The highest BCUT2D eigenvalue weighted by Gasteiger charge is 2.29. The van der Waals surface area contributed by atoms with E-state index in [-0.39, 0.29) is 0 Å². The van der Waals surface area contributed by atoms with E-state index in [1.807, 2.05) is 12.1 Å². The highest BCUT2D eigenvalue weighted by Crippen LogP contribution is 2.46. The van der Waals surface area contributed by atoms with Crippen LogP contribution >= 0.6 is 11.8 Å². The lowest BCUT2D eigenvalue weighted by Gasteiger charge is -2.18. The maximum atomic E-state index is 3.25. The van der Waals surface area contributed by atoms with E-state index in [9.17, 15) is 0 Å². The van der Waals surface area contributed by atoms with Crippen molar-refractivity contribution in [3.63, 3.8) is 0 Å². The van der Waals surface area contributed by atoms with E-state index in [4.69, 9.17) is 0 Å². The molecule has 0 unspecified atom stereocenters. The van der Waals surface area contributed by atoms with Gasteiger partial charge >= 0.3 is 0 Å². The monoisotopic (exact) mass is 205 g/mol. The Kier molecular flexibility index (Phi) is 1.57. The smallest absolute Gasteiger partial charge is 0.115 e. The molecule has 0 amide bonds. The average molecular weight is 205 g/mol. The van der Waals surface area contributed by atoms with Gasteiger partial charge in [-0.1, -0.05) is 17.8 Å². The SMILES string of the molecule is Cc1ccc2c(c1)N1NN(C)C=C1S2. The number of fused-ring (bicyclic) bond motifs is 3. The van der Waals surface area contributed by atoms with Crippen molar-refractivity contribution in [2.45, 2.75) is 11.8 Å². The number of nitrogens with zero attached hydrogens (tertiary/aromatic N) is 2. The van der Waals surface area contributed by atoms with Crippen molar-refractivity contribution in [1.82, 2.24) is 10.5 Å². The van der Waals surface area contributed by atoms with Gasteiger partial charge in [0.2, 0.25) is 0 Å². The van der Waals surface area contributed by atoms with Crippen LogP contribution in [0.15, 0.2) is 34.3 Å². The van der Waals surface area contributed by atoms with Gasteiger partial charge in [-0.05, 0) is 24.6 Å². The quantitative estimate of drug-likeness (QED) is 0.698. The fourth-order valence-corrected chi connectivity index (χ4v) is 2.76. The van der Waals surface area contributed by atoms with Crippen molar-refractivity contribution in [1.29, 1.82) is 0 Å². The van der Waals surface area contributed by atoms with Crippen molar-refractivity contribution in [3.05, 3.63) is 35.0 Å². The lowest BCUT2D eigenvalue weighted by Crippen LogP contribution is -2.37. The van der Waals surface area contributed by atoms with E-state index >= 15 is 0 Å². The molecule has 0 saturated carbocycles. The molecule has 0 spiro atoms. The molecule has 14 heavy (non-hydrogen) atoms. The van der Waals surface area contributed by atoms with Gasteiger partial charge in [-0.2, -0.15) is 0 Å². The van der Waals surface area contributed by atoms with Gasteiger partial charge in [0.15, 0.2) is 0 Å². The first kappa shape index (κ1) is 8.20. The summed E-state index contributed by atoms with van der Waals surface area (Å²) in [6, 6.07) is 6.53. The summed E-state index contributed by atoms with van der Waals surface area (Å²) in [5.41, 5.74) is 5.80. The van der Waals surface area contributed by atoms with Crippen molar-refractivity contribution >= 4 is 17.4 Å². The molecule has 1 aromatic rings. The van der Waals surface area contributed by atoms with Crippen LogP contribution in [0.1, 0.15) is 5.56 Å². The van der Waals surface area contributed by atoms with E-state index in [1.54, 1.807) is 11.8 Å². The Morgan fingerprint density at radius 3 is 3.07 bits per heavy atom. The van der Waals surface area contributed by atoms with Gasteiger partial charge in [-0.3, -0.25) is 5.01 Å². The lowest BCUT2D eigenvalue weighted by molar-refractivity contribution is 0.358. The van der Waals surface area contributed by atoms with Crippen molar-refractivity contribution in [2.24, 2.45) is 0 Å². The third-order valence-corrected chi connectivity index (χ3v) is 3.41. The van der Waals surface area contributed by atoms with E-state index in [0.717, 1.165) is 0 Å². The Morgan fingerprint density at radius 1 is 1.36 bits per heavy atom. The number of nitrogens with one attached hydrogen (secondary N) is 1. The fraction of sp³-hybridized carbons (Fsp3) is 0.200. The van der Waals surface area contributed by atoms with Crippen LogP contribution < -0.4 is 10.5 Å². The molecule has 2 aliphatic heterocycles. The normalized spacial score (nSPS) is 18.3. The zero-order valence-electron chi connectivity index (χ0n) is 8.11. The van der Waals surface area contributed by atoms with Crippen LogP contribution in [0.4, 0.5) is 5.69 Å². The number of hydrogen-bond acceptors (Lipinski definition) is 4. The second kappa shape index (κ2) is 2.68. The zero-order chi connectivity index (χ0) is 9.71. The first-order valence-electron chi connectivity index (χ1n) is 4.53. The summed E-state index contributed by atoms with van der Waals surface area (Å²) in [5.74, 6) is 0. The molecule has 2 aliphatic rings. The molecule has 0 aromatic heterocycles. The Balaban J connectivity index is 2.10. The minimum atomic E-state index is 1.24. The molecule has 0 radical (unpaired) electrons. The standard InChI is InChI=1S/C10H11N3S/c1-7-3-4-9-8(5-7)13-10(14-9)6-12(2)11-13/h3-6,11H,1-2H3. The van der Waals surface area contributed by atoms with Crippen LogP contribution in [-0.4, -0.2) is 12.1 Å². The topological polar surface area (TPSA) is 18.5 Å². The van der Waals surface area contributed by atoms with E-state index in [1.165, 1.54) is 21.2 Å². The van der Waals surface area contributed by atoms with Crippen LogP contribution in [0.25, 0.3) is 0 Å². The number of thioether (sulfide) groups is 1. The fourth-order valence-electron chi connectivity index (χ4n) is 1.70. The maximum absolute atomic E-state index is 3.25. The van der Waals surface area contributed by atoms with Gasteiger partial charge in [-0.15, -0.1) is 5.53 Å². The molecule has 0 bridgehead atoms. The molecule has 0 atom stereocenters. The largest absolute Gasteiger partial charge is 0.298 e. The van der Waals surface area contributed by atoms with Crippen molar-refractivity contribution in [2.75, 3.05) is 12.1 Å². The Hall–Kier alpha value is -1.13. The summed E-state index contributed by atoms with van der Waals surface area (Å²) in [6.07, 6.45) is 2.10. The Morgan fingerprint density at radius 2 is 2.21 bits per heavy atom. The summed E-state index contributed by atoms with van der Waals surface area (Å²) in [5, 5.41) is 5.33. The summed E-state index contributed by atoms with van der Waals surface area (Å²) >= 11 is 1.80. The lowest BCUT2D eigenvalue weighted by atomic mass is 10.2. The van der Waals surface area contributed by atoms with Crippen LogP contribution in [0.2, 0.25) is 0 Å². The van der Waals surface area contributed by atoms with Gasteiger partial charge in [0.05, 0.1) is 5.69 Å². The third kappa shape index (κ3) is 1.04. The van der Waals surface area contributed by atoms with Gasteiger partial charge in [0.25, 0.3) is 0 Å². The van der Waals surface area contributed by atoms with Crippen LogP contribution in [0.3, 0.4) is 0 Å². The summed E-state index contributed by atoms with van der Waals surface area (Å²) < 4.78 is 0. The average Bonchev–Trinajstić information content (AvgIpc) is 2.62. The van der Waals surface area contributed by atoms with Crippen molar-refractivity contribution < 1.29 is 0 Å². The number of benzene rings is 1. The van der Waals surface area contributed by atoms with Gasteiger partial charge in [0.1, 0.15) is 5.03 Å². The summed E-state index contributed by atoms with van der Waals surface area (Å²) in [6.45, 7) is 2.12. The molecule has 0 fully saturated rings. The molecule has 2 heterocycles. The molecule has 3 rings (SSSR count). The summed E-state index contributed by atoms with van der Waals surface area (Å²) in [7, 11) is 2.00. The molecule has 0 saturated heterocycles. The first-order valence-corrected chi connectivity index (χ1v) is 5.35. The third-order valence-electron chi connectivity index (χ3n) is 2.35. The van der Waals surface area contributed by atoms with E-state index in [2.05, 4.69) is 41.9 Å². The van der Waals surface area contributed by atoms with E-state index < -0.39 is 0 Å². The summed E-state index contributed by atoms with van der Waals surface area (Å²) in [4.78, 5) is 1.32.